The lowest BCUT2D eigenvalue weighted by Crippen LogP contribution is -2.45. The number of nitrogens with zero attached hydrogens (tertiary/aromatic N) is 3. The van der Waals surface area contributed by atoms with Crippen molar-refractivity contribution in [1.29, 1.82) is 5.26 Å². The van der Waals surface area contributed by atoms with Crippen molar-refractivity contribution in [2.45, 2.75) is 25.4 Å². The van der Waals surface area contributed by atoms with Crippen LogP contribution in [0, 0.1) is 11.3 Å². The number of aromatic nitrogens is 1. The van der Waals surface area contributed by atoms with E-state index in [-0.39, 0.29) is 0 Å². The second kappa shape index (κ2) is 7.81. The number of fused-ring (bicyclic) bond motifs is 1. The van der Waals surface area contributed by atoms with Crippen LogP contribution in [-0.4, -0.2) is 32.0 Å². The van der Waals surface area contributed by atoms with Crippen molar-refractivity contribution < 1.29 is 0 Å². The molecule has 0 saturated carbocycles. The van der Waals surface area contributed by atoms with E-state index >= 15 is 0 Å². The predicted octanol–water partition coefficient (Wildman–Crippen LogP) is 2.66. The third-order valence-electron chi connectivity index (χ3n) is 5.12. The van der Waals surface area contributed by atoms with Crippen LogP contribution in [0.4, 0.5) is 5.82 Å². The molecule has 1 aliphatic heterocycles. The lowest BCUT2D eigenvalue weighted by Gasteiger charge is -2.34. The summed E-state index contributed by atoms with van der Waals surface area (Å²) in [6.45, 7) is 2.72. The van der Waals surface area contributed by atoms with Crippen LogP contribution in [-0.2, 0) is 6.54 Å². The van der Waals surface area contributed by atoms with E-state index in [1.807, 2.05) is 30.3 Å². The molecular weight excluding hydrogens is 331 g/mol. The maximum Gasteiger partial charge on any atom is 0.130 e. The van der Waals surface area contributed by atoms with Gasteiger partial charge >= 0.3 is 0 Å². The number of piperidine rings is 1. The topological polar surface area (TPSA) is 52.0 Å². The van der Waals surface area contributed by atoms with Crippen molar-refractivity contribution in [3.8, 4) is 6.07 Å². The van der Waals surface area contributed by atoms with Crippen LogP contribution in [0.15, 0.2) is 54.6 Å². The lowest BCUT2D eigenvalue weighted by atomic mass is 9.93. The molecule has 5 heteroatoms. The zero-order chi connectivity index (χ0) is 18.6. The van der Waals surface area contributed by atoms with Gasteiger partial charge in [-0.05, 0) is 30.5 Å². The Morgan fingerprint density at radius 1 is 1.19 bits per heavy atom. The largest absolute Gasteiger partial charge is 0.355 e. The fourth-order valence-electron chi connectivity index (χ4n) is 3.69. The molecule has 0 amide bonds. The standard InChI is InChI=1S/C22H21BN4/c23-18-8-9-21-20(12-18)17(13-24)11-22(26-21)27-10-4-7-19(15-27)25-14-16-5-2-1-3-6-16/h1-3,5-6,8-9,11-12,19,25H,4,7,10,14-15H2. The van der Waals surface area contributed by atoms with E-state index in [0.29, 0.717) is 17.1 Å². The molecule has 0 aliphatic carbocycles. The molecule has 1 N–H and O–H groups in total. The van der Waals surface area contributed by atoms with Crippen LogP contribution >= 0.6 is 0 Å². The van der Waals surface area contributed by atoms with Crippen LogP contribution in [0.5, 0.6) is 0 Å². The molecule has 3 aromatic rings. The number of hydrogen-bond donors (Lipinski definition) is 1. The quantitative estimate of drug-likeness (QED) is 0.734. The summed E-state index contributed by atoms with van der Waals surface area (Å²) in [4.78, 5) is 7.07. The first-order valence-electron chi connectivity index (χ1n) is 9.35. The van der Waals surface area contributed by atoms with Crippen molar-refractivity contribution in [3.05, 3.63) is 65.7 Å². The van der Waals surface area contributed by atoms with Gasteiger partial charge in [0.1, 0.15) is 13.7 Å². The van der Waals surface area contributed by atoms with Crippen LogP contribution in [0.3, 0.4) is 0 Å². The fraction of sp³-hybridized carbons (Fsp3) is 0.273. The van der Waals surface area contributed by atoms with Gasteiger partial charge in [-0.3, -0.25) is 0 Å². The van der Waals surface area contributed by atoms with Crippen LogP contribution in [0.1, 0.15) is 24.0 Å². The lowest BCUT2D eigenvalue weighted by molar-refractivity contribution is 0.420. The van der Waals surface area contributed by atoms with E-state index in [1.54, 1.807) is 0 Å². The van der Waals surface area contributed by atoms with Gasteiger partial charge in [0.05, 0.1) is 17.1 Å². The van der Waals surface area contributed by atoms with Crippen molar-refractivity contribution in [2.24, 2.45) is 0 Å². The first-order valence-corrected chi connectivity index (χ1v) is 9.35. The van der Waals surface area contributed by atoms with Crippen LogP contribution < -0.4 is 15.7 Å². The third-order valence-corrected chi connectivity index (χ3v) is 5.12. The van der Waals surface area contributed by atoms with E-state index < -0.39 is 0 Å². The predicted molar refractivity (Wildman–Crippen MR) is 110 cm³/mol. The first kappa shape index (κ1) is 17.6. The van der Waals surface area contributed by atoms with Crippen molar-refractivity contribution in [2.75, 3.05) is 18.0 Å². The SMILES string of the molecule is [B]c1ccc2nc(N3CCCC(NCc4ccccc4)C3)cc(C#N)c2c1. The number of nitrogens with one attached hydrogen (secondary N) is 1. The number of pyridine rings is 1. The molecule has 2 heterocycles. The van der Waals surface area contributed by atoms with Gasteiger partial charge in [0.25, 0.3) is 0 Å². The zero-order valence-electron chi connectivity index (χ0n) is 15.2. The summed E-state index contributed by atoms with van der Waals surface area (Å²) in [7, 11) is 5.87. The number of hydrogen-bond acceptors (Lipinski definition) is 4. The van der Waals surface area contributed by atoms with Gasteiger partial charge in [-0.1, -0.05) is 47.9 Å². The van der Waals surface area contributed by atoms with E-state index in [1.165, 1.54) is 5.56 Å². The monoisotopic (exact) mass is 352 g/mol. The smallest absolute Gasteiger partial charge is 0.130 e. The molecule has 27 heavy (non-hydrogen) atoms. The molecule has 4 rings (SSSR count). The van der Waals surface area contributed by atoms with Crippen molar-refractivity contribution in [1.82, 2.24) is 10.3 Å². The molecule has 132 valence electrons. The Morgan fingerprint density at radius 2 is 2.04 bits per heavy atom. The summed E-state index contributed by atoms with van der Waals surface area (Å²) in [5, 5.41) is 14.0. The molecule has 1 fully saturated rings. The summed E-state index contributed by atoms with van der Waals surface area (Å²) in [5.74, 6) is 0.870. The number of rotatable bonds is 4. The summed E-state index contributed by atoms with van der Waals surface area (Å²) in [6.07, 6.45) is 2.26. The Balaban J connectivity index is 1.52. The molecule has 1 saturated heterocycles. The molecule has 1 atom stereocenters. The minimum atomic E-state index is 0.411. The van der Waals surface area contributed by atoms with Gasteiger partial charge in [0.15, 0.2) is 0 Å². The Bertz CT molecular complexity index is 981. The zero-order valence-corrected chi connectivity index (χ0v) is 15.2. The second-order valence-corrected chi connectivity index (χ2v) is 7.07. The summed E-state index contributed by atoms with van der Waals surface area (Å²) >= 11 is 0. The maximum absolute atomic E-state index is 9.56. The second-order valence-electron chi connectivity index (χ2n) is 7.07. The van der Waals surface area contributed by atoms with Gasteiger partial charge in [-0.15, -0.1) is 0 Å². The number of anilines is 1. The molecule has 0 bridgehead atoms. The average Bonchev–Trinajstić information content (AvgIpc) is 2.72. The maximum atomic E-state index is 9.56. The Labute approximate surface area is 161 Å². The molecule has 1 unspecified atom stereocenters. The average molecular weight is 352 g/mol. The highest BCUT2D eigenvalue weighted by Gasteiger charge is 2.21. The van der Waals surface area contributed by atoms with Crippen LogP contribution in [0.2, 0.25) is 0 Å². The minimum absolute atomic E-state index is 0.411. The van der Waals surface area contributed by atoms with Gasteiger partial charge < -0.3 is 10.2 Å². The summed E-state index contributed by atoms with van der Waals surface area (Å²) in [5.41, 5.74) is 3.39. The Kier molecular flexibility index (Phi) is 5.09. The molecule has 4 nitrogen and oxygen atoms in total. The van der Waals surface area contributed by atoms with Crippen molar-refractivity contribution in [3.63, 3.8) is 0 Å². The number of benzene rings is 2. The Hall–Kier alpha value is -2.84. The molecular formula is C22H21BN4. The summed E-state index contributed by atoms with van der Waals surface area (Å²) in [6, 6.07) is 20.6. The van der Waals surface area contributed by atoms with Crippen molar-refractivity contribution >= 4 is 30.0 Å². The summed E-state index contributed by atoms with van der Waals surface area (Å²) < 4.78 is 0. The normalized spacial score (nSPS) is 17.0. The highest BCUT2D eigenvalue weighted by molar-refractivity contribution is 6.33. The molecule has 0 spiro atoms. The van der Waals surface area contributed by atoms with Crippen LogP contribution in [0.25, 0.3) is 10.9 Å². The van der Waals surface area contributed by atoms with E-state index in [9.17, 15) is 5.26 Å². The third kappa shape index (κ3) is 3.96. The molecule has 1 aliphatic rings. The molecule has 1 aromatic heterocycles. The molecule has 2 radical (unpaired) electrons. The van der Waals surface area contributed by atoms with E-state index in [4.69, 9.17) is 12.8 Å². The van der Waals surface area contributed by atoms with Gasteiger partial charge in [0, 0.05) is 31.1 Å². The highest BCUT2D eigenvalue weighted by Crippen LogP contribution is 2.24. The van der Waals surface area contributed by atoms with E-state index in [0.717, 1.165) is 49.2 Å². The first-order chi connectivity index (χ1) is 13.2. The molecule has 2 aromatic carbocycles. The minimum Gasteiger partial charge on any atom is -0.355 e. The Morgan fingerprint density at radius 3 is 2.85 bits per heavy atom. The van der Waals surface area contributed by atoms with Gasteiger partial charge in [-0.25, -0.2) is 4.98 Å². The van der Waals surface area contributed by atoms with E-state index in [2.05, 4.69) is 40.6 Å². The van der Waals surface area contributed by atoms with Gasteiger partial charge in [0.2, 0.25) is 0 Å². The van der Waals surface area contributed by atoms with Gasteiger partial charge in [-0.2, -0.15) is 5.26 Å². The fourth-order valence-corrected chi connectivity index (χ4v) is 3.69. The highest BCUT2D eigenvalue weighted by atomic mass is 15.2. The number of nitriles is 1.